The molecule has 0 aliphatic carbocycles. The standard InChI is InChI=1S/C11H14ClFO2S/c1-8(2)10-5-9(6-11(13)7-10)3-4-16(12,14)15/h5-8H,3-4H2,1-2H3. The lowest BCUT2D eigenvalue weighted by Crippen LogP contribution is -2.02. The van der Waals surface area contributed by atoms with Crippen LogP contribution in [0.1, 0.15) is 30.9 Å². The molecule has 2 nitrogen and oxygen atoms in total. The molecule has 0 aliphatic rings. The molecule has 0 aliphatic heterocycles. The number of aryl methyl sites for hydroxylation is 1. The van der Waals surface area contributed by atoms with Crippen LogP contribution >= 0.6 is 10.7 Å². The van der Waals surface area contributed by atoms with Crippen molar-refractivity contribution in [2.24, 2.45) is 0 Å². The first-order valence-corrected chi connectivity index (χ1v) is 7.47. The van der Waals surface area contributed by atoms with E-state index in [2.05, 4.69) is 0 Å². The molecule has 0 saturated heterocycles. The highest BCUT2D eigenvalue weighted by atomic mass is 35.7. The second-order valence-corrected chi connectivity index (χ2v) is 6.94. The number of hydrogen-bond acceptors (Lipinski definition) is 2. The SMILES string of the molecule is CC(C)c1cc(F)cc(CCS(=O)(=O)Cl)c1. The summed E-state index contributed by atoms with van der Waals surface area (Å²) < 4.78 is 34.8. The van der Waals surface area contributed by atoms with Crippen LogP contribution in [0.4, 0.5) is 4.39 Å². The first-order chi connectivity index (χ1) is 7.28. The third kappa shape index (κ3) is 4.49. The van der Waals surface area contributed by atoms with Gasteiger partial charge in [0.2, 0.25) is 9.05 Å². The Morgan fingerprint density at radius 3 is 2.44 bits per heavy atom. The van der Waals surface area contributed by atoms with Gasteiger partial charge in [0, 0.05) is 10.7 Å². The first-order valence-electron chi connectivity index (χ1n) is 4.99. The molecular weight excluding hydrogens is 251 g/mol. The normalized spacial score (nSPS) is 12.1. The van der Waals surface area contributed by atoms with Crippen LogP contribution in [-0.4, -0.2) is 14.2 Å². The molecule has 0 saturated carbocycles. The van der Waals surface area contributed by atoms with Crippen LogP contribution in [-0.2, 0) is 15.5 Å². The predicted octanol–water partition coefficient (Wildman–Crippen LogP) is 3.06. The maximum Gasteiger partial charge on any atom is 0.232 e. The Balaban J connectivity index is 2.89. The number of rotatable bonds is 4. The number of benzene rings is 1. The molecule has 0 bridgehead atoms. The van der Waals surface area contributed by atoms with Crippen molar-refractivity contribution in [3.8, 4) is 0 Å². The molecule has 0 atom stereocenters. The van der Waals surface area contributed by atoms with Crippen molar-refractivity contribution in [3.63, 3.8) is 0 Å². The van der Waals surface area contributed by atoms with Gasteiger partial charge in [-0.05, 0) is 35.6 Å². The van der Waals surface area contributed by atoms with Crippen molar-refractivity contribution in [2.75, 3.05) is 5.75 Å². The molecule has 0 fully saturated rings. The molecule has 0 unspecified atom stereocenters. The Kier molecular flexibility index (Phi) is 4.33. The zero-order valence-electron chi connectivity index (χ0n) is 9.20. The van der Waals surface area contributed by atoms with Crippen molar-refractivity contribution in [3.05, 3.63) is 35.1 Å². The van der Waals surface area contributed by atoms with Crippen LogP contribution in [0.2, 0.25) is 0 Å². The zero-order chi connectivity index (χ0) is 12.3. The zero-order valence-corrected chi connectivity index (χ0v) is 10.8. The fourth-order valence-electron chi connectivity index (χ4n) is 1.39. The highest BCUT2D eigenvalue weighted by Crippen LogP contribution is 2.18. The van der Waals surface area contributed by atoms with Gasteiger partial charge < -0.3 is 0 Å². The second-order valence-electron chi connectivity index (χ2n) is 4.04. The van der Waals surface area contributed by atoms with Gasteiger partial charge >= 0.3 is 0 Å². The Bertz CT molecular complexity index is 469. The Morgan fingerprint density at radius 2 is 1.94 bits per heavy atom. The van der Waals surface area contributed by atoms with Crippen LogP contribution in [0, 0.1) is 5.82 Å². The van der Waals surface area contributed by atoms with E-state index < -0.39 is 9.05 Å². The Morgan fingerprint density at radius 1 is 1.31 bits per heavy atom. The molecule has 5 heteroatoms. The van der Waals surface area contributed by atoms with Crippen molar-refractivity contribution >= 4 is 19.7 Å². The van der Waals surface area contributed by atoms with Gasteiger partial charge in [0.15, 0.2) is 0 Å². The van der Waals surface area contributed by atoms with E-state index in [1.54, 1.807) is 0 Å². The van der Waals surface area contributed by atoms with Crippen molar-refractivity contribution in [2.45, 2.75) is 26.2 Å². The minimum Gasteiger partial charge on any atom is -0.212 e. The fourth-order valence-corrected chi connectivity index (χ4v) is 2.10. The van der Waals surface area contributed by atoms with Crippen LogP contribution in [0.25, 0.3) is 0 Å². The highest BCUT2D eigenvalue weighted by Gasteiger charge is 2.08. The summed E-state index contributed by atoms with van der Waals surface area (Å²) >= 11 is 0. The van der Waals surface area contributed by atoms with E-state index in [0.29, 0.717) is 5.56 Å². The van der Waals surface area contributed by atoms with E-state index >= 15 is 0 Å². The summed E-state index contributed by atoms with van der Waals surface area (Å²) in [4.78, 5) is 0. The van der Waals surface area contributed by atoms with E-state index in [4.69, 9.17) is 10.7 Å². The lowest BCUT2D eigenvalue weighted by Gasteiger charge is -2.08. The van der Waals surface area contributed by atoms with E-state index in [1.807, 2.05) is 19.9 Å². The molecule has 0 radical (unpaired) electrons. The third-order valence-corrected chi connectivity index (χ3v) is 3.44. The average molecular weight is 265 g/mol. The van der Waals surface area contributed by atoms with E-state index in [0.717, 1.165) is 5.56 Å². The van der Waals surface area contributed by atoms with E-state index in [9.17, 15) is 12.8 Å². The van der Waals surface area contributed by atoms with Crippen molar-refractivity contribution in [1.29, 1.82) is 0 Å². The van der Waals surface area contributed by atoms with E-state index in [1.165, 1.54) is 12.1 Å². The lowest BCUT2D eigenvalue weighted by atomic mass is 10.00. The minimum atomic E-state index is -3.52. The Labute approximate surface area is 99.9 Å². The molecule has 0 spiro atoms. The summed E-state index contributed by atoms with van der Waals surface area (Å²) in [7, 11) is 1.59. The summed E-state index contributed by atoms with van der Waals surface area (Å²) in [5, 5.41) is 0. The molecule has 1 aromatic carbocycles. The van der Waals surface area contributed by atoms with Crippen LogP contribution in [0.3, 0.4) is 0 Å². The van der Waals surface area contributed by atoms with Gasteiger partial charge in [0.1, 0.15) is 5.82 Å². The van der Waals surface area contributed by atoms with Crippen LogP contribution < -0.4 is 0 Å². The minimum absolute atomic E-state index is 0.171. The molecular formula is C11H14ClFO2S. The van der Waals surface area contributed by atoms with Gasteiger partial charge in [-0.3, -0.25) is 0 Å². The quantitative estimate of drug-likeness (QED) is 0.784. The molecule has 0 amide bonds. The molecule has 0 N–H and O–H groups in total. The van der Waals surface area contributed by atoms with Gasteiger partial charge in [0.05, 0.1) is 5.75 Å². The molecule has 0 aromatic heterocycles. The van der Waals surface area contributed by atoms with Gasteiger partial charge in [0.25, 0.3) is 0 Å². The topological polar surface area (TPSA) is 34.1 Å². The monoisotopic (exact) mass is 264 g/mol. The Hall–Kier alpha value is -0.610. The maximum atomic E-state index is 13.2. The molecule has 1 aromatic rings. The van der Waals surface area contributed by atoms with E-state index in [-0.39, 0.29) is 23.9 Å². The first kappa shape index (κ1) is 13.5. The van der Waals surface area contributed by atoms with Gasteiger partial charge in [-0.1, -0.05) is 19.9 Å². The van der Waals surface area contributed by atoms with Gasteiger partial charge in [-0.25, -0.2) is 12.8 Å². The van der Waals surface area contributed by atoms with Crippen molar-refractivity contribution < 1.29 is 12.8 Å². The number of halogens is 2. The summed E-state index contributed by atoms with van der Waals surface area (Å²) in [6, 6.07) is 4.62. The summed E-state index contributed by atoms with van der Waals surface area (Å²) in [5.41, 5.74) is 1.52. The average Bonchev–Trinajstić information content (AvgIpc) is 2.13. The molecule has 1 rings (SSSR count). The maximum absolute atomic E-state index is 13.2. The van der Waals surface area contributed by atoms with Crippen LogP contribution in [0.15, 0.2) is 18.2 Å². The summed E-state index contributed by atoms with van der Waals surface area (Å²) in [6.07, 6.45) is 0.239. The summed E-state index contributed by atoms with van der Waals surface area (Å²) in [5.74, 6) is -0.301. The van der Waals surface area contributed by atoms with Gasteiger partial charge in [-0.15, -0.1) is 0 Å². The molecule has 16 heavy (non-hydrogen) atoms. The second kappa shape index (κ2) is 5.15. The highest BCUT2D eigenvalue weighted by molar-refractivity contribution is 8.13. The predicted molar refractivity (Wildman–Crippen MR) is 63.8 cm³/mol. The number of hydrogen-bond donors (Lipinski definition) is 0. The molecule has 90 valence electrons. The lowest BCUT2D eigenvalue weighted by molar-refractivity contribution is 0.607. The fraction of sp³-hybridized carbons (Fsp3) is 0.455. The van der Waals surface area contributed by atoms with Gasteiger partial charge in [-0.2, -0.15) is 0 Å². The third-order valence-electron chi connectivity index (χ3n) is 2.28. The largest absolute Gasteiger partial charge is 0.232 e. The van der Waals surface area contributed by atoms with Crippen molar-refractivity contribution in [1.82, 2.24) is 0 Å². The smallest absolute Gasteiger partial charge is 0.212 e. The summed E-state index contributed by atoms with van der Waals surface area (Å²) in [6.45, 7) is 3.91. The molecule has 0 heterocycles. The van der Waals surface area contributed by atoms with Crippen LogP contribution in [0.5, 0.6) is 0 Å².